The van der Waals surface area contributed by atoms with Crippen LogP contribution < -0.4 is 4.74 Å². The van der Waals surface area contributed by atoms with Gasteiger partial charge in [0, 0.05) is 14.1 Å². The van der Waals surface area contributed by atoms with Crippen molar-refractivity contribution in [3.63, 3.8) is 0 Å². The average molecular weight is 333 g/mol. The first kappa shape index (κ1) is 18.7. The summed E-state index contributed by atoms with van der Waals surface area (Å²) in [5.74, 6) is 3.10. The Bertz CT molecular complexity index is 668. The molecule has 0 aliphatic heterocycles. The maximum atomic E-state index is 11.8. The number of nitrogens with zero attached hydrogens (tertiary/aromatic N) is 3. The van der Waals surface area contributed by atoms with Crippen LogP contribution in [0.1, 0.15) is 15.9 Å². The van der Waals surface area contributed by atoms with Gasteiger partial charge in [-0.15, -0.1) is 10.7 Å². The third-order valence-corrected chi connectivity index (χ3v) is 3.49. The summed E-state index contributed by atoms with van der Waals surface area (Å²) in [4.78, 5) is 11.8. The standard InChI is InChI=1S/C16H23N3O3Si/c1-19(2)18-17-15-12(8-9-23(5,6)7)10-13(16(20)22-4)11-14(15)21-3/h10-11H,1-7H3/b18-17+. The Morgan fingerprint density at radius 1 is 1.22 bits per heavy atom. The van der Waals surface area contributed by atoms with Gasteiger partial charge in [-0.1, -0.05) is 30.8 Å². The maximum absolute atomic E-state index is 11.8. The number of carbonyl (C=O) groups excluding carboxylic acids is 1. The predicted molar refractivity (Wildman–Crippen MR) is 92.8 cm³/mol. The number of rotatable bonds is 4. The van der Waals surface area contributed by atoms with E-state index in [1.165, 1.54) is 14.2 Å². The lowest BCUT2D eigenvalue weighted by molar-refractivity contribution is 0.0600. The van der Waals surface area contributed by atoms with Gasteiger partial charge in [0.2, 0.25) is 0 Å². The van der Waals surface area contributed by atoms with E-state index in [2.05, 4.69) is 41.4 Å². The minimum atomic E-state index is -1.59. The van der Waals surface area contributed by atoms with Gasteiger partial charge in [0.25, 0.3) is 0 Å². The topological polar surface area (TPSA) is 63.5 Å². The molecule has 0 unspecified atom stereocenters. The molecule has 0 N–H and O–H groups in total. The van der Waals surface area contributed by atoms with Gasteiger partial charge in [-0.05, 0) is 12.1 Å². The van der Waals surface area contributed by atoms with Crippen molar-refractivity contribution in [1.82, 2.24) is 5.01 Å². The van der Waals surface area contributed by atoms with Crippen molar-refractivity contribution in [3.8, 4) is 17.2 Å². The highest BCUT2D eigenvalue weighted by atomic mass is 28.3. The minimum Gasteiger partial charge on any atom is -0.494 e. The molecule has 1 aromatic rings. The zero-order valence-corrected chi connectivity index (χ0v) is 15.7. The van der Waals surface area contributed by atoms with Gasteiger partial charge in [0.05, 0.1) is 25.3 Å². The minimum absolute atomic E-state index is 0.369. The Balaban J connectivity index is 3.56. The van der Waals surface area contributed by atoms with Crippen molar-refractivity contribution >= 4 is 19.7 Å². The summed E-state index contributed by atoms with van der Waals surface area (Å²) in [7, 11) is 4.80. The van der Waals surface area contributed by atoms with Crippen LogP contribution in [0.3, 0.4) is 0 Å². The summed E-state index contributed by atoms with van der Waals surface area (Å²) in [6.07, 6.45) is 0. The Labute approximate surface area is 138 Å². The van der Waals surface area contributed by atoms with Gasteiger partial charge >= 0.3 is 5.97 Å². The van der Waals surface area contributed by atoms with Gasteiger partial charge in [0.1, 0.15) is 19.5 Å². The molecule has 0 bridgehead atoms. The van der Waals surface area contributed by atoms with Crippen molar-refractivity contribution in [3.05, 3.63) is 23.3 Å². The van der Waals surface area contributed by atoms with Gasteiger partial charge in [0.15, 0.2) is 0 Å². The van der Waals surface area contributed by atoms with Crippen molar-refractivity contribution < 1.29 is 14.3 Å². The number of ether oxygens (including phenoxy) is 2. The highest BCUT2D eigenvalue weighted by Crippen LogP contribution is 2.33. The first-order chi connectivity index (χ1) is 10.7. The quantitative estimate of drug-likeness (QED) is 0.279. The zero-order chi connectivity index (χ0) is 17.6. The van der Waals surface area contributed by atoms with E-state index in [-0.39, 0.29) is 0 Å². The van der Waals surface area contributed by atoms with E-state index < -0.39 is 14.0 Å². The number of hydrogen-bond acceptors (Lipinski definition) is 5. The highest BCUT2D eigenvalue weighted by molar-refractivity contribution is 6.83. The molecule has 0 fully saturated rings. The second kappa shape index (κ2) is 7.79. The molecule has 1 aromatic carbocycles. The molecule has 0 spiro atoms. The molecule has 0 atom stereocenters. The molecule has 124 valence electrons. The monoisotopic (exact) mass is 333 g/mol. The van der Waals surface area contributed by atoms with E-state index in [9.17, 15) is 4.79 Å². The van der Waals surface area contributed by atoms with Crippen molar-refractivity contribution in [2.24, 2.45) is 10.3 Å². The van der Waals surface area contributed by atoms with Crippen LogP contribution in [0.4, 0.5) is 5.69 Å². The Morgan fingerprint density at radius 3 is 2.35 bits per heavy atom. The molecule has 0 amide bonds. The highest BCUT2D eigenvalue weighted by Gasteiger charge is 2.16. The molecule has 0 saturated carbocycles. The van der Waals surface area contributed by atoms with Crippen LogP contribution in [0.5, 0.6) is 5.75 Å². The van der Waals surface area contributed by atoms with Crippen LogP contribution >= 0.6 is 0 Å². The van der Waals surface area contributed by atoms with E-state index in [1.807, 2.05) is 0 Å². The molecular formula is C16H23N3O3Si. The predicted octanol–water partition coefficient (Wildman–Crippen LogP) is 3.27. The molecule has 0 saturated heterocycles. The maximum Gasteiger partial charge on any atom is 0.338 e. The fourth-order valence-electron chi connectivity index (χ4n) is 1.59. The van der Waals surface area contributed by atoms with E-state index in [0.717, 1.165) is 0 Å². The van der Waals surface area contributed by atoms with Crippen molar-refractivity contribution in [2.45, 2.75) is 19.6 Å². The van der Waals surface area contributed by atoms with E-state index in [0.29, 0.717) is 22.6 Å². The molecule has 7 heteroatoms. The van der Waals surface area contributed by atoms with Crippen LogP contribution in [-0.4, -0.2) is 47.4 Å². The number of benzene rings is 1. The second-order valence-corrected chi connectivity index (χ2v) is 10.9. The molecule has 0 aliphatic rings. The van der Waals surface area contributed by atoms with Crippen LogP contribution in [-0.2, 0) is 4.74 Å². The summed E-state index contributed by atoms with van der Waals surface area (Å²) in [5.41, 5.74) is 4.73. The first-order valence-electron chi connectivity index (χ1n) is 7.10. The number of hydrogen-bond donors (Lipinski definition) is 0. The molecule has 0 heterocycles. The number of esters is 1. The van der Waals surface area contributed by atoms with Crippen LogP contribution in [0.2, 0.25) is 19.6 Å². The van der Waals surface area contributed by atoms with E-state index in [1.54, 1.807) is 31.2 Å². The van der Waals surface area contributed by atoms with Gasteiger partial charge < -0.3 is 9.47 Å². The fraction of sp³-hybridized carbons (Fsp3) is 0.438. The first-order valence-corrected chi connectivity index (χ1v) is 10.6. The largest absolute Gasteiger partial charge is 0.494 e. The van der Waals surface area contributed by atoms with Crippen LogP contribution in [0.15, 0.2) is 22.5 Å². The summed E-state index contributed by atoms with van der Waals surface area (Å²) >= 11 is 0. The molecule has 0 aromatic heterocycles. The van der Waals surface area contributed by atoms with Crippen LogP contribution in [0.25, 0.3) is 0 Å². The lowest BCUT2D eigenvalue weighted by atomic mass is 10.1. The van der Waals surface area contributed by atoms with Gasteiger partial charge in [-0.25, -0.2) is 4.79 Å². The van der Waals surface area contributed by atoms with Crippen molar-refractivity contribution in [2.75, 3.05) is 28.3 Å². The zero-order valence-electron chi connectivity index (χ0n) is 14.7. The average Bonchev–Trinajstić information content (AvgIpc) is 2.48. The van der Waals surface area contributed by atoms with Crippen LogP contribution in [0, 0.1) is 11.5 Å². The summed E-state index contributed by atoms with van der Waals surface area (Å²) in [6.45, 7) is 6.42. The van der Waals surface area contributed by atoms with E-state index in [4.69, 9.17) is 9.47 Å². The van der Waals surface area contributed by atoms with Gasteiger partial charge in [-0.2, -0.15) is 0 Å². The fourth-order valence-corrected chi connectivity index (χ4v) is 2.10. The summed E-state index contributed by atoms with van der Waals surface area (Å²) in [5, 5.41) is 9.77. The van der Waals surface area contributed by atoms with Crippen molar-refractivity contribution in [1.29, 1.82) is 0 Å². The molecule has 0 aliphatic carbocycles. The Kier molecular flexibility index (Phi) is 6.34. The molecule has 1 rings (SSSR count). The summed E-state index contributed by atoms with van der Waals surface area (Å²) in [6, 6.07) is 3.24. The lowest BCUT2D eigenvalue weighted by Crippen LogP contribution is -2.16. The SMILES string of the molecule is COC(=O)c1cc(C#C[Si](C)(C)C)c(/N=N/N(C)C)c(OC)c1. The molecular weight excluding hydrogens is 310 g/mol. The molecule has 23 heavy (non-hydrogen) atoms. The number of methoxy groups -OCH3 is 2. The Morgan fingerprint density at radius 2 is 1.87 bits per heavy atom. The normalized spacial score (nSPS) is 10.9. The smallest absolute Gasteiger partial charge is 0.338 e. The van der Waals surface area contributed by atoms with E-state index >= 15 is 0 Å². The molecule has 0 radical (unpaired) electrons. The Hall–Kier alpha value is -2.33. The third-order valence-electron chi connectivity index (χ3n) is 2.61. The third kappa shape index (κ3) is 5.75. The molecule has 6 nitrogen and oxygen atoms in total. The summed E-state index contributed by atoms with van der Waals surface area (Å²) < 4.78 is 10.1. The number of carbonyl (C=O) groups is 1. The van der Waals surface area contributed by atoms with Gasteiger partial charge in [-0.3, -0.25) is 5.01 Å². The second-order valence-electron chi connectivity index (χ2n) is 6.10. The lowest BCUT2D eigenvalue weighted by Gasteiger charge is -2.10.